The third-order valence-electron chi connectivity index (χ3n) is 12.6. The lowest BCUT2D eigenvalue weighted by molar-refractivity contribution is -0.167. The lowest BCUT2D eigenvalue weighted by Gasteiger charge is -2.18. The van der Waals surface area contributed by atoms with Crippen molar-refractivity contribution in [2.75, 3.05) is 13.2 Å². The molecule has 0 amide bonds. The third kappa shape index (κ3) is 53.8. The molecule has 0 spiro atoms. The smallest absolute Gasteiger partial charge is 0.306 e. The molecule has 0 saturated carbocycles. The van der Waals surface area contributed by atoms with Gasteiger partial charge in [0.25, 0.3) is 0 Å². The molecule has 0 aliphatic carbocycles. The van der Waals surface area contributed by atoms with E-state index in [1.165, 1.54) is 167 Å². The monoisotopic (exact) mass is 949 g/mol. The van der Waals surface area contributed by atoms with E-state index in [9.17, 15) is 14.4 Å². The van der Waals surface area contributed by atoms with Crippen LogP contribution in [0.15, 0.2) is 72.9 Å². The Labute approximate surface area is 421 Å². The second kappa shape index (κ2) is 56.4. The molecular formula is C62H108O6. The van der Waals surface area contributed by atoms with Gasteiger partial charge in [0, 0.05) is 19.3 Å². The highest BCUT2D eigenvalue weighted by Gasteiger charge is 2.19. The summed E-state index contributed by atoms with van der Waals surface area (Å²) in [5, 5.41) is 0. The molecule has 0 radical (unpaired) electrons. The van der Waals surface area contributed by atoms with Gasteiger partial charge in [0.1, 0.15) is 13.2 Å². The minimum Gasteiger partial charge on any atom is -0.462 e. The zero-order chi connectivity index (χ0) is 49.3. The Hall–Kier alpha value is -3.15. The van der Waals surface area contributed by atoms with Crippen LogP contribution < -0.4 is 0 Å². The number of hydrogen-bond donors (Lipinski definition) is 0. The van der Waals surface area contributed by atoms with Gasteiger partial charge in [-0.25, -0.2) is 0 Å². The molecule has 0 aromatic rings. The van der Waals surface area contributed by atoms with E-state index >= 15 is 0 Å². The summed E-state index contributed by atoms with van der Waals surface area (Å²) in [5.41, 5.74) is 0. The van der Waals surface area contributed by atoms with E-state index in [1.54, 1.807) is 0 Å². The van der Waals surface area contributed by atoms with Crippen molar-refractivity contribution in [2.45, 2.75) is 290 Å². The minimum absolute atomic E-state index is 0.0914. The lowest BCUT2D eigenvalue weighted by Crippen LogP contribution is -2.30. The maximum absolute atomic E-state index is 12.9. The summed E-state index contributed by atoms with van der Waals surface area (Å²) >= 11 is 0. The molecule has 0 heterocycles. The predicted octanol–water partition coefficient (Wildman–Crippen LogP) is 19.4. The summed E-state index contributed by atoms with van der Waals surface area (Å²) < 4.78 is 16.8. The van der Waals surface area contributed by atoms with Crippen molar-refractivity contribution in [1.82, 2.24) is 0 Å². The Morgan fingerprint density at radius 2 is 0.588 bits per heavy atom. The maximum atomic E-state index is 12.9. The normalized spacial score (nSPS) is 12.6. The highest BCUT2D eigenvalue weighted by atomic mass is 16.6. The molecule has 0 aliphatic rings. The third-order valence-corrected chi connectivity index (χ3v) is 12.6. The average molecular weight is 950 g/mol. The molecule has 0 N–H and O–H groups in total. The van der Waals surface area contributed by atoms with Crippen LogP contribution in [0.2, 0.25) is 0 Å². The fraction of sp³-hybridized carbons (Fsp3) is 0.758. The van der Waals surface area contributed by atoms with Crippen molar-refractivity contribution < 1.29 is 28.6 Å². The summed E-state index contributed by atoms with van der Waals surface area (Å²) in [6, 6.07) is 0. The van der Waals surface area contributed by atoms with E-state index in [4.69, 9.17) is 14.2 Å². The van der Waals surface area contributed by atoms with Crippen molar-refractivity contribution in [3.63, 3.8) is 0 Å². The molecule has 0 fully saturated rings. The second-order valence-corrected chi connectivity index (χ2v) is 19.3. The lowest BCUT2D eigenvalue weighted by atomic mass is 10.0. The fourth-order valence-corrected chi connectivity index (χ4v) is 8.22. The van der Waals surface area contributed by atoms with Gasteiger partial charge in [-0.1, -0.05) is 273 Å². The largest absolute Gasteiger partial charge is 0.462 e. The minimum atomic E-state index is -0.795. The van der Waals surface area contributed by atoms with Crippen LogP contribution in [-0.4, -0.2) is 37.2 Å². The molecule has 0 rings (SSSR count). The summed E-state index contributed by atoms with van der Waals surface area (Å²) in [5.74, 6) is -0.931. The van der Waals surface area contributed by atoms with Crippen molar-refractivity contribution in [2.24, 2.45) is 0 Å². The van der Waals surface area contributed by atoms with Crippen LogP contribution in [0, 0.1) is 0 Å². The van der Waals surface area contributed by atoms with Crippen molar-refractivity contribution in [3.8, 4) is 0 Å². The van der Waals surface area contributed by atoms with E-state index < -0.39 is 6.10 Å². The standard InChI is InChI=1S/C62H108O6/c1-4-7-10-13-16-19-22-25-28-30-32-34-37-40-43-46-49-52-55-61(64)67-58-59(57-66-60(63)54-51-48-45-42-39-36-33-27-24-21-18-15-12-9-6-3)68-62(65)56-53-50-47-44-41-38-35-31-29-26-23-20-17-14-11-8-5-2/h9,12,15,18,21,24,27,32-34,36,39,59H,4-8,10-11,13-14,16-17,19-20,22-23,25-26,28-31,35,37-38,40-58H2,1-3H3/b12-9-,18-15-,24-21-,33-27-,34-32-,39-36-. The highest BCUT2D eigenvalue weighted by Crippen LogP contribution is 2.16. The van der Waals surface area contributed by atoms with E-state index in [2.05, 4.69) is 51.2 Å². The summed E-state index contributed by atoms with van der Waals surface area (Å²) in [4.78, 5) is 38.2. The zero-order valence-electron chi connectivity index (χ0n) is 44.9. The number of carbonyl (C=O) groups is 3. The molecule has 0 aromatic heterocycles. The predicted molar refractivity (Wildman–Crippen MR) is 293 cm³/mol. The zero-order valence-corrected chi connectivity index (χ0v) is 44.9. The summed E-state index contributed by atoms with van der Waals surface area (Å²) in [6.45, 7) is 6.48. The van der Waals surface area contributed by atoms with Gasteiger partial charge in [-0.05, 0) is 64.2 Å². The average Bonchev–Trinajstić information content (AvgIpc) is 3.34. The van der Waals surface area contributed by atoms with Gasteiger partial charge < -0.3 is 14.2 Å². The molecule has 68 heavy (non-hydrogen) atoms. The molecule has 6 nitrogen and oxygen atoms in total. The van der Waals surface area contributed by atoms with Gasteiger partial charge in [-0.2, -0.15) is 0 Å². The Morgan fingerprint density at radius 1 is 0.309 bits per heavy atom. The first kappa shape index (κ1) is 64.8. The summed E-state index contributed by atoms with van der Waals surface area (Å²) in [6.07, 6.45) is 71.8. The SMILES string of the molecule is CC\C=C/C=C\C=C/C=C\C=C/CCCCCC(=O)OCC(COC(=O)CCCCCCC/C=C\CCCCCCCCCCC)OC(=O)CCCCCCCCCCCCCCCCCCC. The number of carbonyl (C=O) groups excluding carboxylic acids is 3. The molecule has 392 valence electrons. The van der Waals surface area contributed by atoms with Crippen LogP contribution in [0.3, 0.4) is 0 Å². The van der Waals surface area contributed by atoms with Crippen LogP contribution in [0.25, 0.3) is 0 Å². The first-order chi connectivity index (χ1) is 33.5. The van der Waals surface area contributed by atoms with E-state index in [0.29, 0.717) is 19.3 Å². The van der Waals surface area contributed by atoms with Crippen LogP contribution >= 0.6 is 0 Å². The molecule has 0 aliphatic heterocycles. The van der Waals surface area contributed by atoms with Gasteiger partial charge in [-0.15, -0.1) is 0 Å². The van der Waals surface area contributed by atoms with E-state index in [1.807, 2.05) is 42.5 Å². The van der Waals surface area contributed by atoms with Crippen LogP contribution in [0.4, 0.5) is 0 Å². The highest BCUT2D eigenvalue weighted by molar-refractivity contribution is 5.71. The maximum Gasteiger partial charge on any atom is 0.306 e. The van der Waals surface area contributed by atoms with Crippen molar-refractivity contribution >= 4 is 17.9 Å². The first-order valence-corrected chi connectivity index (χ1v) is 29.0. The molecular weight excluding hydrogens is 841 g/mol. The topological polar surface area (TPSA) is 78.9 Å². The number of esters is 3. The second-order valence-electron chi connectivity index (χ2n) is 19.3. The van der Waals surface area contributed by atoms with Crippen LogP contribution in [0.1, 0.15) is 284 Å². The van der Waals surface area contributed by atoms with E-state index in [0.717, 1.165) is 77.0 Å². The molecule has 1 atom stereocenters. The number of unbranched alkanes of at least 4 members (excludes halogenated alkanes) is 33. The molecule has 1 unspecified atom stereocenters. The number of allylic oxidation sites excluding steroid dienone is 12. The number of hydrogen-bond acceptors (Lipinski definition) is 6. The molecule has 0 aromatic carbocycles. The Balaban J connectivity index is 4.42. The van der Waals surface area contributed by atoms with Gasteiger partial charge in [0.15, 0.2) is 6.10 Å². The Morgan fingerprint density at radius 3 is 0.956 bits per heavy atom. The van der Waals surface area contributed by atoms with Crippen LogP contribution in [0.5, 0.6) is 0 Å². The fourth-order valence-electron chi connectivity index (χ4n) is 8.22. The molecule has 0 bridgehead atoms. The summed E-state index contributed by atoms with van der Waals surface area (Å²) in [7, 11) is 0. The number of ether oxygens (including phenoxy) is 3. The van der Waals surface area contributed by atoms with Crippen LogP contribution in [-0.2, 0) is 28.6 Å². The molecule has 6 heteroatoms. The first-order valence-electron chi connectivity index (χ1n) is 29.0. The molecule has 0 saturated heterocycles. The van der Waals surface area contributed by atoms with Crippen molar-refractivity contribution in [1.29, 1.82) is 0 Å². The van der Waals surface area contributed by atoms with E-state index in [-0.39, 0.29) is 31.1 Å². The quantitative estimate of drug-likeness (QED) is 0.0199. The van der Waals surface area contributed by atoms with Crippen molar-refractivity contribution in [3.05, 3.63) is 72.9 Å². The Bertz CT molecular complexity index is 1270. The van der Waals surface area contributed by atoms with Gasteiger partial charge in [-0.3, -0.25) is 14.4 Å². The Kier molecular flexibility index (Phi) is 53.8. The van der Waals surface area contributed by atoms with Gasteiger partial charge in [0.05, 0.1) is 0 Å². The number of rotatable bonds is 52. The van der Waals surface area contributed by atoms with Gasteiger partial charge in [0.2, 0.25) is 0 Å². The van der Waals surface area contributed by atoms with Gasteiger partial charge >= 0.3 is 17.9 Å².